The van der Waals surface area contributed by atoms with Crippen molar-refractivity contribution >= 4 is 17.5 Å². The zero-order valence-corrected chi connectivity index (χ0v) is 13.9. The van der Waals surface area contributed by atoms with Crippen LogP contribution >= 0.6 is 11.8 Å². The van der Waals surface area contributed by atoms with Gasteiger partial charge >= 0.3 is 0 Å². The maximum absolute atomic E-state index is 13.0. The maximum atomic E-state index is 13.0. The zero-order chi connectivity index (χ0) is 14.6. The molecule has 0 aromatic carbocycles. The number of rotatable bonds is 6. The molecule has 0 bridgehead atoms. The van der Waals surface area contributed by atoms with E-state index in [0.717, 1.165) is 44.5 Å². The van der Waals surface area contributed by atoms with E-state index in [0.29, 0.717) is 12.4 Å². The smallest absolute Gasteiger partial charge is 0.167 e. The fourth-order valence-corrected chi connectivity index (χ4v) is 5.02. The zero-order valence-electron chi connectivity index (χ0n) is 13.1. The lowest BCUT2D eigenvalue weighted by Crippen LogP contribution is -2.49. The number of Topliss-reactive ketones (excluding diaryl/α,β-unsaturated/α-hetero) is 1. The van der Waals surface area contributed by atoms with Crippen molar-refractivity contribution in [2.75, 3.05) is 24.7 Å². The van der Waals surface area contributed by atoms with Gasteiger partial charge in [0.1, 0.15) is 5.60 Å². The van der Waals surface area contributed by atoms with Gasteiger partial charge in [-0.25, -0.2) is 0 Å². The number of thioether (sulfide) groups is 1. The van der Waals surface area contributed by atoms with Gasteiger partial charge in [-0.15, -0.1) is 0 Å². The molecular weight excluding hydrogens is 272 g/mol. The van der Waals surface area contributed by atoms with Crippen LogP contribution in [0.4, 0.5) is 0 Å². The summed E-state index contributed by atoms with van der Waals surface area (Å²) in [6.07, 6.45) is 4.40. The van der Waals surface area contributed by atoms with Gasteiger partial charge in [-0.2, -0.15) is 11.8 Å². The molecule has 4 heteroatoms. The Balaban J connectivity index is 2.10. The first-order chi connectivity index (χ1) is 9.61. The Morgan fingerprint density at radius 1 is 1.40 bits per heavy atom. The van der Waals surface area contributed by atoms with E-state index in [4.69, 9.17) is 9.47 Å². The number of hydrogen-bond donors (Lipinski definition) is 0. The molecule has 2 rings (SSSR count). The van der Waals surface area contributed by atoms with Gasteiger partial charge in [-0.05, 0) is 44.8 Å². The molecule has 2 fully saturated rings. The number of carbonyl (C=O) groups is 1. The molecule has 0 radical (unpaired) electrons. The molecule has 2 atom stereocenters. The Bertz CT molecular complexity index is 333. The third-order valence-corrected chi connectivity index (χ3v) is 6.17. The Morgan fingerprint density at radius 2 is 2.15 bits per heavy atom. The predicted octanol–water partition coefficient (Wildman–Crippen LogP) is 3.45. The van der Waals surface area contributed by atoms with Gasteiger partial charge in [0.2, 0.25) is 0 Å². The third-order valence-electron chi connectivity index (χ3n) is 4.94. The van der Waals surface area contributed by atoms with Crippen LogP contribution in [0.15, 0.2) is 0 Å². The summed E-state index contributed by atoms with van der Waals surface area (Å²) in [6.45, 7) is 7.45. The Hall–Kier alpha value is -0.0600. The average molecular weight is 300 g/mol. The molecule has 0 aromatic heterocycles. The number of carbonyl (C=O) groups excluding carboxylic acids is 1. The van der Waals surface area contributed by atoms with Gasteiger partial charge in [0.25, 0.3) is 0 Å². The minimum atomic E-state index is -0.566. The van der Waals surface area contributed by atoms with E-state index in [2.05, 4.69) is 13.8 Å². The third kappa shape index (κ3) is 3.07. The van der Waals surface area contributed by atoms with E-state index in [1.807, 2.05) is 18.7 Å². The first-order valence-electron chi connectivity index (χ1n) is 8.01. The van der Waals surface area contributed by atoms with E-state index < -0.39 is 5.60 Å². The molecule has 1 spiro atoms. The van der Waals surface area contributed by atoms with Crippen molar-refractivity contribution < 1.29 is 14.3 Å². The second-order valence-corrected chi connectivity index (χ2v) is 7.13. The molecule has 2 aliphatic heterocycles. The first kappa shape index (κ1) is 16.3. The van der Waals surface area contributed by atoms with E-state index in [1.54, 1.807) is 0 Å². The Kier molecular flexibility index (Phi) is 5.55. The van der Waals surface area contributed by atoms with E-state index in [1.165, 1.54) is 5.75 Å². The van der Waals surface area contributed by atoms with Crippen LogP contribution < -0.4 is 0 Å². The maximum Gasteiger partial charge on any atom is 0.167 e. The lowest BCUT2D eigenvalue weighted by atomic mass is 9.76. The highest BCUT2D eigenvalue weighted by Crippen LogP contribution is 2.42. The van der Waals surface area contributed by atoms with Crippen molar-refractivity contribution in [1.29, 1.82) is 0 Å². The minimum Gasteiger partial charge on any atom is -0.374 e. The second kappa shape index (κ2) is 6.80. The lowest BCUT2D eigenvalue weighted by Gasteiger charge is -2.41. The van der Waals surface area contributed by atoms with Gasteiger partial charge < -0.3 is 9.47 Å². The number of hydrogen-bond acceptors (Lipinski definition) is 4. The molecule has 20 heavy (non-hydrogen) atoms. The summed E-state index contributed by atoms with van der Waals surface area (Å²) in [6, 6.07) is 0. The van der Waals surface area contributed by atoms with Crippen molar-refractivity contribution in [1.82, 2.24) is 0 Å². The SMILES string of the molecule is CCOC(CC)(CC)C(=O)C1CCOC2(CCSC2)C1. The summed E-state index contributed by atoms with van der Waals surface area (Å²) in [7, 11) is 0. The summed E-state index contributed by atoms with van der Waals surface area (Å²) in [4.78, 5) is 13.0. The van der Waals surface area contributed by atoms with Crippen LogP contribution in [0.2, 0.25) is 0 Å². The highest BCUT2D eigenvalue weighted by atomic mass is 32.2. The van der Waals surface area contributed by atoms with Crippen molar-refractivity contribution in [2.45, 2.75) is 64.1 Å². The summed E-state index contributed by atoms with van der Waals surface area (Å²) in [5, 5.41) is 0. The summed E-state index contributed by atoms with van der Waals surface area (Å²) >= 11 is 1.95. The predicted molar refractivity (Wildman–Crippen MR) is 83.3 cm³/mol. The average Bonchev–Trinajstić information content (AvgIpc) is 2.92. The normalized spacial score (nSPS) is 30.9. The molecule has 2 aliphatic rings. The molecule has 0 saturated carbocycles. The van der Waals surface area contributed by atoms with Crippen LogP contribution in [0.3, 0.4) is 0 Å². The van der Waals surface area contributed by atoms with Crippen LogP contribution in [0.25, 0.3) is 0 Å². The first-order valence-corrected chi connectivity index (χ1v) is 9.17. The van der Waals surface area contributed by atoms with E-state index in [9.17, 15) is 4.79 Å². The molecule has 0 aromatic rings. The second-order valence-electron chi connectivity index (χ2n) is 6.02. The summed E-state index contributed by atoms with van der Waals surface area (Å²) in [5.41, 5.74) is -0.591. The molecule has 2 saturated heterocycles. The van der Waals surface area contributed by atoms with Gasteiger partial charge in [0, 0.05) is 24.9 Å². The molecule has 116 valence electrons. The highest BCUT2D eigenvalue weighted by molar-refractivity contribution is 7.99. The van der Waals surface area contributed by atoms with Crippen LogP contribution in [0.1, 0.15) is 52.9 Å². The van der Waals surface area contributed by atoms with Gasteiger partial charge in [0.05, 0.1) is 5.60 Å². The number of ketones is 1. The van der Waals surface area contributed by atoms with Crippen LogP contribution in [-0.2, 0) is 14.3 Å². The molecule has 2 heterocycles. The summed E-state index contributed by atoms with van der Waals surface area (Å²) in [5.74, 6) is 2.66. The van der Waals surface area contributed by atoms with Crippen LogP contribution in [-0.4, -0.2) is 41.7 Å². The monoisotopic (exact) mass is 300 g/mol. The minimum absolute atomic E-state index is 0.0251. The van der Waals surface area contributed by atoms with E-state index in [-0.39, 0.29) is 11.5 Å². The quantitative estimate of drug-likeness (QED) is 0.752. The molecule has 0 N–H and O–H groups in total. The number of ether oxygens (including phenoxy) is 2. The molecule has 3 nitrogen and oxygen atoms in total. The Morgan fingerprint density at radius 3 is 2.70 bits per heavy atom. The van der Waals surface area contributed by atoms with Gasteiger partial charge in [0.15, 0.2) is 5.78 Å². The fourth-order valence-electron chi connectivity index (χ4n) is 3.64. The van der Waals surface area contributed by atoms with Crippen molar-refractivity contribution in [3.63, 3.8) is 0 Å². The summed E-state index contributed by atoms with van der Waals surface area (Å²) < 4.78 is 11.9. The highest BCUT2D eigenvalue weighted by Gasteiger charge is 2.47. The van der Waals surface area contributed by atoms with Gasteiger partial charge in [-0.3, -0.25) is 4.79 Å². The Labute approximate surface area is 127 Å². The largest absolute Gasteiger partial charge is 0.374 e. The lowest BCUT2D eigenvalue weighted by molar-refractivity contribution is -0.159. The molecule has 2 unspecified atom stereocenters. The molecule has 0 amide bonds. The fraction of sp³-hybridized carbons (Fsp3) is 0.938. The van der Waals surface area contributed by atoms with E-state index >= 15 is 0 Å². The van der Waals surface area contributed by atoms with Crippen LogP contribution in [0.5, 0.6) is 0 Å². The van der Waals surface area contributed by atoms with Crippen molar-refractivity contribution in [3.8, 4) is 0 Å². The topological polar surface area (TPSA) is 35.5 Å². The standard InChI is InChI=1S/C16H28O3S/c1-4-16(5-2,18-6-3)14(17)13-7-9-19-15(11-13)8-10-20-12-15/h13H,4-12H2,1-3H3. The van der Waals surface area contributed by atoms with Crippen LogP contribution in [0, 0.1) is 5.92 Å². The molecular formula is C16H28O3S. The van der Waals surface area contributed by atoms with Gasteiger partial charge in [-0.1, -0.05) is 13.8 Å². The van der Waals surface area contributed by atoms with Crippen molar-refractivity contribution in [2.24, 2.45) is 5.92 Å². The van der Waals surface area contributed by atoms with Crippen molar-refractivity contribution in [3.05, 3.63) is 0 Å². The molecule has 0 aliphatic carbocycles.